The van der Waals surface area contributed by atoms with E-state index in [1.165, 1.54) is 4.57 Å². The quantitative estimate of drug-likeness (QED) is 0.448. The molecule has 0 aliphatic heterocycles. The highest BCUT2D eigenvalue weighted by atomic mass is 16.5. The van der Waals surface area contributed by atoms with Crippen molar-refractivity contribution in [2.24, 2.45) is 7.05 Å². The summed E-state index contributed by atoms with van der Waals surface area (Å²) >= 11 is 0. The van der Waals surface area contributed by atoms with Crippen molar-refractivity contribution in [1.82, 2.24) is 33.6 Å². The van der Waals surface area contributed by atoms with E-state index in [9.17, 15) is 4.79 Å². The highest BCUT2D eigenvalue weighted by Crippen LogP contribution is 2.27. The molecule has 4 heterocycles. The molecule has 0 amide bonds. The average Bonchev–Trinajstić information content (AvgIpc) is 3.28. The highest BCUT2D eigenvalue weighted by Gasteiger charge is 2.18. The summed E-state index contributed by atoms with van der Waals surface area (Å²) in [4.78, 5) is 30.7. The van der Waals surface area contributed by atoms with Crippen LogP contribution in [0.5, 0.6) is 5.75 Å². The molecular weight excluding hydrogens is 382 g/mol. The van der Waals surface area contributed by atoms with Crippen LogP contribution in [0, 0.1) is 0 Å². The molecule has 0 unspecified atom stereocenters. The normalized spacial score (nSPS) is 11.4. The molecule has 0 saturated heterocycles. The number of hydrogen-bond acceptors (Lipinski definition) is 6. The monoisotopic (exact) mass is 401 g/mol. The first kappa shape index (κ1) is 18.0. The van der Waals surface area contributed by atoms with Gasteiger partial charge in [0.15, 0.2) is 22.5 Å². The number of para-hydroxylation sites is 1. The van der Waals surface area contributed by atoms with Crippen LogP contribution in [0.4, 0.5) is 0 Å². The third kappa shape index (κ3) is 2.74. The molecule has 0 aliphatic rings. The van der Waals surface area contributed by atoms with Crippen LogP contribution in [0.15, 0.2) is 59.8 Å². The molecular formula is C21H19N7O2. The number of imidazole rings is 2. The van der Waals surface area contributed by atoms with Gasteiger partial charge >= 0.3 is 5.69 Å². The van der Waals surface area contributed by atoms with Gasteiger partial charge in [0, 0.05) is 50.4 Å². The second-order valence-electron chi connectivity index (χ2n) is 6.83. The van der Waals surface area contributed by atoms with Crippen LogP contribution in [0.1, 0.15) is 5.82 Å². The van der Waals surface area contributed by atoms with Gasteiger partial charge in [0.05, 0.1) is 7.11 Å². The van der Waals surface area contributed by atoms with Crippen molar-refractivity contribution >= 4 is 22.5 Å². The Labute approximate surface area is 171 Å². The summed E-state index contributed by atoms with van der Waals surface area (Å²) in [5.74, 6) is 1.44. The largest absolute Gasteiger partial charge is 0.494 e. The molecule has 0 atom stereocenters. The number of benzene rings is 1. The van der Waals surface area contributed by atoms with E-state index in [-0.39, 0.29) is 5.69 Å². The Balaban J connectivity index is 1.63. The average molecular weight is 401 g/mol. The van der Waals surface area contributed by atoms with Gasteiger partial charge in [-0.25, -0.2) is 24.7 Å². The van der Waals surface area contributed by atoms with Crippen molar-refractivity contribution in [3.63, 3.8) is 0 Å². The van der Waals surface area contributed by atoms with E-state index in [1.54, 1.807) is 43.4 Å². The smallest absolute Gasteiger partial charge is 0.331 e. The van der Waals surface area contributed by atoms with Crippen LogP contribution >= 0.6 is 0 Å². The van der Waals surface area contributed by atoms with Gasteiger partial charge in [-0.2, -0.15) is 0 Å². The van der Waals surface area contributed by atoms with Crippen molar-refractivity contribution in [3.8, 4) is 11.4 Å². The van der Waals surface area contributed by atoms with Gasteiger partial charge in [0.2, 0.25) is 0 Å². The Bertz CT molecular complexity index is 1420. The summed E-state index contributed by atoms with van der Waals surface area (Å²) < 4.78 is 10.6. The Morgan fingerprint density at radius 3 is 2.43 bits per heavy atom. The first-order chi connectivity index (χ1) is 14.7. The lowest BCUT2D eigenvalue weighted by atomic mass is 10.3. The molecule has 0 saturated carbocycles. The summed E-state index contributed by atoms with van der Waals surface area (Å²) in [5.41, 5.74) is 3.30. The number of rotatable bonds is 5. The standard InChI is InChI=1S/C21H19N7O2/c1-26-19-20(24-12-11-23-19)27(21(26)29)13-9-16-25-17-15(30-2)8-10-22-18(17)28(16)14-6-4-3-5-7-14/h3-8,10-12H,9,13H2,1-2H3. The highest BCUT2D eigenvalue weighted by molar-refractivity contribution is 5.80. The van der Waals surface area contributed by atoms with E-state index in [2.05, 4.69) is 15.0 Å². The molecule has 5 aromatic rings. The van der Waals surface area contributed by atoms with E-state index in [0.29, 0.717) is 41.2 Å². The summed E-state index contributed by atoms with van der Waals surface area (Å²) in [7, 11) is 3.31. The lowest BCUT2D eigenvalue weighted by Gasteiger charge is -2.09. The maximum atomic E-state index is 12.7. The number of methoxy groups -OCH3 is 1. The molecule has 4 aromatic heterocycles. The molecule has 0 fully saturated rings. The Hall–Kier alpha value is -4.01. The van der Waals surface area contributed by atoms with E-state index in [4.69, 9.17) is 9.72 Å². The third-order valence-corrected chi connectivity index (χ3v) is 5.12. The Kier molecular flexibility index (Phi) is 4.27. The van der Waals surface area contributed by atoms with Crippen molar-refractivity contribution in [1.29, 1.82) is 0 Å². The minimum absolute atomic E-state index is 0.158. The molecule has 1 aromatic carbocycles. The zero-order chi connectivity index (χ0) is 20.7. The van der Waals surface area contributed by atoms with Crippen LogP contribution in [0.3, 0.4) is 0 Å². The van der Waals surface area contributed by atoms with Crippen molar-refractivity contribution < 1.29 is 4.74 Å². The predicted molar refractivity (Wildman–Crippen MR) is 112 cm³/mol. The molecule has 0 N–H and O–H groups in total. The fourth-order valence-corrected chi connectivity index (χ4v) is 3.70. The minimum atomic E-state index is -0.158. The third-order valence-electron chi connectivity index (χ3n) is 5.12. The second kappa shape index (κ2) is 7.11. The van der Waals surface area contributed by atoms with E-state index in [0.717, 1.165) is 11.5 Å². The predicted octanol–water partition coefficient (Wildman–Crippen LogP) is 2.12. The molecule has 150 valence electrons. The summed E-state index contributed by atoms with van der Waals surface area (Å²) in [6.45, 7) is 0.410. The molecule has 9 nitrogen and oxygen atoms in total. The Morgan fingerprint density at radius 2 is 1.67 bits per heavy atom. The molecule has 0 spiro atoms. The number of hydrogen-bond donors (Lipinski definition) is 0. The number of nitrogens with zero attached hydrogens (tertiary/aromatic N) is 7. The van der Waals surface area contributed by atoms with Crippen LogP contribution < -0.4 is 10.4 Å². The number of aryl methyl sites for hydroxylation is 3. The molecule has 0 aliphatic carbocycles. The first-order valence-corrected chi connectivity index (χ1v) is 9.51. The zero-order valence-corrected chi connectivity index (χ0v) is 16.6. The number of aromatic nitrogens is 7. The molecule has 5 rings (SSSR count). The Morgan fingerprint density at radius 1 is 0.933 bits per heavy atom. The zero-order valence-electron chi connectivity index (χ0n) is 16.6. The maximum absolute atomic E-state index is 12.7. The van der Waals surface area contributed by atoms with Crippen LogP contribution in [0.25, 0.3) is 28.1 Å². The lowest BCUT2D eigenvalue weighted by Crippen LogP contribution is -2.23. The van der Waals surface area contributed by atoms with Crippen LogP contribution in [-0.2, 0) is 20.0 Å². The first-order valence-electron chi connectivity index (χ1n) is 9.51. The second-order valence-corrected chi connectivity index (χ2v) is 6.83. The molecule has 0 bridgehead atoms. The van der Waals surface area contributed by atoms with Crippen molar-refractivity contribution in [3.05, 3.63) is 71.3 Å². The van der Waals surface area contributed by atoms with Crippen molar-refractivity contribution in [2.45, 2.75) is 13.0 Å². The van der Waals surface area contributed by atoms with Crippen LogP contribution in [0.2, 0.25) is 0 Å². The van der Waals surface area contributed by atoms with Gasteiger partial charge in [-0.05, 0) is 12.1 Å². The maximum Gasteiger partial charge on any atom is 0.331 e. The van der Waals surface area contributed by atoms with Crippen LogP contribution in [-0.4, -0.2) is 40.7 Å². The summed E-state index contributed by atoms with van der Waals surface area (Å²) in [6, 6.07) is 11.7. The number of ether oxygens (including phenoxy) is 1. The van der Waals surface area contributed by atoms with E-state index in [1.807, 2.05) is 34.9 Å². The van der Waals surface area contributed by atoms with Gasteiger partial charge in [-0.1, -0.05) is 18.2 Å². The lowest BCUT2D eigenvalue weighted by molar-refractivity contribution is 0.418. The minimum Gasteiger partial charge on any atom is -0.494 e. The van der Waals surface area contributed by atoms with E-state index >= 15 is 0 Å². The topological polar surface area (TPSA) is 92.7 Å². The molecule has 30 heavy (non-hydrogen) atoms. The van der Waals surface area contributed by atoms with Gasteiger partial charge in [-0.3, -0.25) is 13.7 Å². The number of pyridine rings is 1. The van der Waals surface area contributed by atoms with Gasteiger partial charge in [-0.15, -0.1) is 0 Å². The fourth-order valence-electron chi connectivity index (χ4n) is 3.70. The van der Waals surface area contributed by atoms with E-state index < -0.39 is 0 Å². The van der Waals surface area contributed by atoms with Gasteiger partial charge < -0.3 is 4.74 Å². The summed E-state index contributed by atoms with van der Waals surface area (Å²) in [5, 5.41) is 0. The molecule has 9 heteroatoms. The van der Waals surface area contributed by atoms with Crippen molar-refractivity contribution in [2.75, 3.05) is 7.11 Å². The summed E-state index contributed by atoms with van der Waals surface area (Å²) in [6.07, 6.45) is 5.38. The fraction of sp³-hybridized carbons (Fsp3) is 0.190. The number of fused-ring (bicyclic) bond motifs is 2. The van der Waals surface area contributed by atoms with Gasteiger partial charge in [0.1, 0.15) is 11.6 Å². The SMILES string of the molecule is COc1ccnc2c1nc(CCn1c(=O)n(C)c3nccnc31)n2-c1ccccc1. The van der Waals surface area contributed by atoms with Gasteiger partial charge in [0.25, 0.3) is 0 Å². The molecule has 0 radical (unpaired) electrons.